The van der Waals surface area contributed by atoms with Crippen LogP contribution in [0.25, 0.3) is 23.3 Å². The summed E-state index contributed by atoms with van der Waals surface area (Å²) in [4.78, 5) is 0. The van der Waals surface area contributed by atoms with Gasteiger partial charge in [-0.05, 0) is 0 Å². The molecule has 0 saturated carbocycles. The molecular weight excluding hydrogens is 599 g/mol. The molecule has 0 bridgehead atoms. The molecule has 0 aromatic heterocycles. The van der Waals surface area contributed by atoms with E-state index in [1.807, 2.05) is 0 Å². The third kappa shape index (κ3) is 4.83. The molecule has 0 nitrogen and oxygen atoms in total. The predicted octanol–water partition coefficient (Wildman–Crippen LogP) is 11.1. The van der Waals surface area contributed by atoms with Crippen LogP contribution in [-0.4, -0.2) is 5.92 Å². The average Bonchev–Trinajstić information content (AvgIpc) is 3.54. The molecule has 0 fully saturated rings. The Balaban J connectivity index is 1.65. The fourth-order valence-electron chi connectivity index (χ4n) is 6.80. The first-order chi connectivity index (χ1) is 18.3. The minimum atomic E-state index is -4.52. The fourth-order valence-corrected chi connectivity index (χ4v) is 36.3. The summed E-state index contributed by atoms with van der Waals surface area (Å²) >= 11 is -4.52. The van der Waals surface area contributed by atoms with Crippen molar-refractivity contribution in [1.29, 1.82) is 0 Å². The van der Waals surface area contributed by atoms with Crippen LogP contribution in [-0.2, 0) is 22.0 Å². The maximum atomic E-state index is 8.28. The van der Waals surface area contributed by atoms with E-state index in [0.29, 0.717) is 0 Å². The Morgan fingerprint density at radius 1 is 0.789 bits per heavy atom. The number of allylic oxidation sites excluding steroid dienone is 2. The van der Waals surface area contributed by atoms with Crippen molar-refractivity contribution >= 4 is 35.1 Å². The van der Waals surface area contributed by atoms with Gasteiger partial charge in [-0.25, -0.2) is 0 Å². The fraction of sp³-hybridized carbons (Fsp3) is 0.353. The zero-order chi connectivity index (χ0) is 26.9. The molecule has 0 amide bonds. The Morgan fingerprint density at radius 3 is 2.18 bits per heavy atom. The van der Waals surface area contributed by atoms with Gasteiger partial charge in [-0.15, -0.1) is 0 Å². The number of hydrogen-bond acceptors (Lipinski definition) is 0. The number of benzene rings is 3. The van der Waals surface area contributed by atoms with E-state index in [0.717, 1.165) is 12.8 Å². The molecule has 199 valence electrons. The van der Waals surface area contributed by atoms with Crippen molar-refractivity contribution in [2.75, 3.05) is 0 Å². The van der Waals surface area contributed by atoms with Crippen LogP contribution in [0.15, 0.2) is 78.4 Å². The van der Waals surface area contributed by atoms with Gasteiger partial charge >= 0.3 is 241 Å². The predicted molar refractivity (Wildman–Crippen MR) is 170 cm³/mol. The monoisotopic (exact) mass is 637 g/mol. The van der Waals surface area contributed by atoms with Gasteiger partial charge in [-0.1, -0.05) is 0 Å². The standard InChI is InChI=1S/C23H27.C9H7.C2H7Si.2ClH.Zr/c1-3-5-8-18-12-14-20(15-13-18)22-11-7-10-21-16-19(9-6-4-2)17-23(21)22;1-2-5-9-7-3-6-8(9)4-1;1-3-2;;;/h7,10-17H,3-6,8-9H2,1-2H3;1-7H;3H,1-2H3;2*1H;/q;;;;;+2/p-2. The first kappa shape index (κ1) is 28.4. The molecule has 3 aromatic rings. The second-order valence-corrected chi connectivity index (χ2v) is 54.3. The van der Waals surface area contributed by atoms with Crippen LogP contribution in [0, 0.1) is 0 Å². The SMILES string of the molecule is CCCCC1=Cc2c(-c3ccc(CCCC)cc3)cccc2[CH]1[Zr]([Cl])([Cl])([CH]1C=Cc2ccccc21)[SiH](C)C. The second-order valence-electron chi connectivity index (χ2n) is 11.7. The molecule has 0 spiro atoms. The summed E-state index contributed by atoms with van der Waals surface area (Å²) < 4.78 is 0.350. The van der Waals surface area contributed by atoms with Crippen molar-refractivity contribution in [3.05, 3.63) is 106 Å². The number of unbranched alkanes of at least 4 members (excludes halogenated alkanes) is 2. The Kier molecular flexibility index (Phi) is 8.48. The van der Waals surface area contributed by atoms with Crippen LogP contribution in [0.4, 0.5) is 0 Å². The van der Waals surface area contributed by atoms with Crippen LogP contribution in [0.2, 0.25) is 13.1 Å². The Bertz CT molecular complexity index is 1370. The van der Waals surface area contributed by atoms with Gasteiger partial charge in [0, 0.05) is 0 Å². The quantitative estimate of drug-likeness (QED) is 0.194. The Labute approximate surface area is 239 Å². The van der Waals surface area contributed by atoms with E-state index in [-0.39, 0.29) is 7.25 Å². The van der Waals surface area contributed by atoms with Gasteiger partial charge in [-0.2, -0.15) is 0 Å². The summed E-state index contributed by atoms with van der Waals surface area (Å²) in [6.07, 6.45) is 14.2. The van der Waals surface area contributed by atoms with E-state index in [4.69, 9.17) is 17.0 Å². The molecule has 0 heterocycles. The van der Waals surface area contributed by atoms with Crippen molar-refractivity contribution < 1.29 is 15.6 Å². The third-order valence-electron chi connectivity index (χ3n) is 9.10. The van der Waals surface area contributed by atoms with Crippen molar-refractivity contribution in [2.24, 2.45) is 0 Å². The zero-order valence-electron chi connectivity index (χ0n) is 23.3. The molecule has 0 radical (unpaired) electrons. The van der Waals surface area contributed by atoms with Gasteiger partial charge < -0.3 is 0 Å². The van der Waals surface area contributed by atoms with Crippen molar-refractivity contribution in [1.82, 2.24) is 0 Å². The molecule has 2 aliphatic carbocycles. The molecule has 2 atom stereocenters. The van der Waals surface area contributed by atoms with Crippen molar-refractivity contribution in [2.45, 2.75) is 72.7 Å². The first-order valence-electron chi connectivity index (χ1n) is 14.6. The summed E-state index contributed by atoms with van der Waals surface area (Å²) in [5.74, 6) is -1.47. The average molecular weight is 640 g/mol. The van der Waals surface area contributed by atoms with E-state index in [2.05, 4.69) is 112 Å². The molecule has 0 saturated heterocycles. The van der Waals surface area contributed by atoms with Gasteiger partial charge in [0.05, 0.1) is 0 Å². The topological polar surface area (TPSA) is 0 Å². The van der Waals surface area contributed by atoms with Crippen LogP contribution in [0.1, 0.15) is 81.0 Å². The summed E-state index contributed by atoms with van der Waals surface area (Å²) in [7, 11) is 16.6. The third-order valence-corrected chi connectivity index (χ3v) is 61.1. The molecule has 38 heavy (non-hydrogen) atoms. The number of fused-ring (bicyclic) bond motifs is 2. The van der Waals surface area contributed by atoms with E-state index < -0.39 is 21.5 Å². The van der Waals surface area contributed by atoms with Crippen LogP contribution in [0.5, 0.6) is 0 Å². The van der Waals surface area contributed by atoms with Gasteiger partial charge in [0.25, 0.3) is 0 Å². The Morgan fingerprint density at radius 2 is 1.47 bits per heavy atom. The number of hydrogen-bond donors (Lipinski definition) is 0. The van der Waals surface area contributed by atoms with Gasteiger partial charge in [0.1, 0.15) is 0 Å². The van der Waals surface area contributed by atoms with Gasteiger partial charge in [0.15, 0.2) is 0 Å². The van der Waals surface area contributed by atoms with E-state index >= 15 is 0 Å². The van der Waals surface area contributed by atoms with E-state index in [1.165, 1.54) is 70.2 Å². The van der Waals surface area contributed by atoms with Gasteiger partial charge in [-0.3, -0.25) is 0 Å². The normalized spacial score (nSPS) is 19.2. The van der Waals surface area contributed by atoms with Crippen LogP contribution in [0.3, 0.4) is 0 Å². The minimum absolute atomic E-state index is 0.171. The van der Waals surface area contributed by atoms with E-state index in [1.54, 1.807) is 0 Å². The van der Waals surface area contributed by atoms with E-state index in [9.17, 15) is 0 Å². The van der Waals surface area contributed by atoms with Gasteiger partial charge in [0.2, 0.25) is 0 Å². The molecule has 4 heteroatoms. The zero-order valence-corrected chi connectivity index (χ0v) is 28.4. The molecular formula is C34H41Cl2SiZr. The molecule has 3 aromatic carbocycles. The summed E-state index contributed by atoms with van der Waals surface area (Å²) in [6.45, 7) is 9.39. The second kappa shape index (κ2) is 11.4. The van der Waals surface area contributed by atoms with Crippen LogP contribution >= 0.6 is 17.0 Å². The molecule has 2 unspecified atom stereocenters. The molecule has 0 aliphatic heterocycles. The number of halogens is 2. The number of rotatable bonds is 10. The Hall–Kier alpha value is -1.18. The van der Waals surface area contributed by atoms with Crippen molar-refractivity contribution in [3.8, 4) is 11.1 Å². The molecule has 2 aliphatic rings. The molecule has 5 rings (SSSR count). The summed E-state index contributed by atoms with van der Waals surface area (Å²) in [6, 6.07) is 24.9. The first-order valence-corrected chi connectivity index (χ1v) is 30.9. The summed E-state index contributed by atoms with van der Waals surface area (Å²) in [5, 5.41) is 0. The summed E-state index contributed by atoms with van der Waals surface area (Å²) in [5.41, 5.74) is 10.9. The van der Waals surface area contributed by atoms with Crippen LogP contribution < -0.4 is 0 Å². The van der Waals surface area contributed by atoms with Crippen molar-refractivity contribution in [3.63, 3.8) is 0 Å². The maximum absolute atomic E-state index is 8.28. The number of aryl methyl sites for hydroxylation is 1. The molecule has 0 N–H and O–H groups in total.